The second-order valence-corrected chi connectivity index (χ2v) is 10.0. The van der Waals surface area contributed by atoms with Crippen LogP contribution in [0.2, 0.25) is 0 Å². The molecule has 0 fully saturated rings. The number of rotatable bonds is 9. The van der Waals surface area contributed by atoms with Crippen molar-refractivity contribution in [3.63, 3.8) is 0 Å². The van der Waals surface area contributed by atoms with Gasteiger partial charge in [-0.2, -0.15) is 0 Å². The van der Waals surface area contributed by atoms with Crippen LogP contribution in [0.3, 0.4) is 0 Å². The monoisotopic (exact) mass is 488 g/mol. The quantitative estimate of drug-likeness (QED) is 0.454. The number of thiazole rings is 1. The lowest BCUT2D eigenvalue weighted by Gasteiger charge is -2.22. The van der Waals surface area contributed by atoms with Crippen molar-refractivity contribution in [3.8, 4) is 5.75 Å². The van der Waals surface area contributed by atoms with Gasteiger partial charge in [-0.1, -0.05) is 11.3 Å². The van der Waals surface area contributed by atoms with Crippen LogP contribution in [0.5, 0.6) is 5.75 Å². The van der Waals surface area contributed by atoms with Crippen LogP contribution < -0.4 is 19.7 Å². The number of hydrogen-bond donors (Lipinski definition) is 2. The fraction of sp³-hybridized carbons (Fsp3) is 0.304. The molecule has 3 aromatic rings. The average molecular weight is 489 g/mol. The molecule has 1 amide bonds. The van der Waals surface area contributed by atoms with Crippen molar-refractivity contribution in [3.05, 3.63) is 58.6 Å². The lowest BCUT2D eigenvalue weighted by atomic mass is 10.1. The van der Waals surface area contributed by atoms with Gasteiger partial charge in [0, 0.05) is 24.5 Å². The summed E-state index contributed by atoms with van der Waals surface area (Å²) in [5.74, 6) is 0.219. The largest absolute Gasteiger partial charge is 0.497 e. The summed E-state index contributed by atoms with van der Waals surface area (Å²) in [4.78, 5) is 19.8. The number of amides is 1. The third-order valence-corrected chi connectivity index (χ3v) is 7.74. The van der Waals surface area contributed by atoms with Gasteiger partial charge in [-0.05, 0) is 75.7 Å². The van der Waals surface area contributed by atoms with E-state index in [4.69, 9.17) is 4.74 Å². The first-order valence-corrected chi connectivity index (χ1v) is 12.8. The van der Waals surface area contributed by atoms with E-state index in [1.807, 2.05) is 25.1 Å². The van der Waals surface area contributed by atoms with E-state index in [0.29, 0.717) is 22.0 Å². The van der Waals surface area contributed by atoms with Crippen LogP contribution in [0.1, 0.15) is 34.8 Å². The van der Waals surface area contributed by atoms with E-state index in [0.717, 1.165) is 35.7 Å². The van der Waals surface area contributed by atoms with Gasteiger partial charge in [0.15, 0.2) is 5.13 Å². The number of carbonyl (C=O) groups excluding carboxylic acids is 1. The summed E-state index contributed by atoms with van der Waals surface area (Å²) in [5.41, 5.74) is 3.18. The number of nitrogens with one attached hydrogen (secondary N) is 2. The fourth-order valence-electron chi connectivity index (χ4n) is 3.33. The first-order valence-electron chi connectivity index (χ1n) is 10.5. The minimum Gasteiger partial charge on any atom is -0.497 e. The van der Waals surface area contributed by atoms with Crippen molar-refractivity contribution >= 4 is 43.8 Å². The van der Waals surface area contributed by atoms with Crippen molar-refractivity contribution < 1.29 is 17.9 Å². The zero-order chi connectivity index (χ0) is 24.2. The maximum Gasteiger partial charge on any atom is 0.267 e. The van der Waals surface area contributed by atoms with Crippen LogP contribution in [0.25, 0.3) is 0 Å². The molecule has 0 aliphatic heterocycles. The fourth-order valence-corrected chi connectivity index (χ4v) is 5.43. The summed E-state index contributed by atoms with van der Waals surface area (Å²) in [6.45, 7) is 9.61. The Morgan fingerprint density at radius 3 is 2.33 bits per heavy atom. The number of nitrogens with zero attached hydrogens (tertiary/aromatic N) is 2. The summed E-state index contributed by atoms with van der Waals surface area (Å²) >= 11 is 0.991. The summed E-state index contributed by atoms with van der Waals surface area (Å²) in [5, 5.41) is 3.04. The minimum atomic E-state index is -3.85. The highest BCUT2D eigenvalue weighted by Gasteiger charge is 2.21. The van der Waals surface area contributed by atoms with Crippen LogP contribution in [-0.2, 0) is 10.0 Å². The van der Waals surface area contributed by atoms with Crippen molar-refractivity contribution in [2.24, 2.45) is 0 Å². The van der Waals surface area contributed by atoms with Crippen molar-refractivity contribution in [1.29, 1.82) is 0 Å². The molecule has 33 heavy (non-hydrogen) atoms. The average Bonchev–Trinajstić information content (AvgIpc) is 3.15. The Bertz CT molecular complexity index is 1230. The SMILES string of the molecule is CCN(CC)c1ccc(NC(=O)c2sc(NS(=O)(=O)c3ccc(OC)cc3)nc2C)c(C)c1. The Morgan fingerprint density at radius 1 is 1.09 bits per heavy atom. The number of sulfonamides is 1. The van der Waals surface area contributed by atoms with E-state index in [9.17, 15) is 13.2 Å². The first-order chi connectivity index (χ1) is 15.7. The molecular formula is C23H28N4O4S2. The molecule has 0 radical (unpaired) electrons. The first kappa shape index (κ1) is 24.5. The van der Waals surface area contributed by atoms with Gasteiger partial charge in [-0.3, -0.25) is 9.52 Å². The van der Waals surface area contributed by atoms with Crippen LogP contribution in [0.4, 0.5) is 16.5 Å². The van der Waals surface area contributed by atoms with E-state index in [-0.39, 0.29) is 15.9 Å². The smallest absolute Gasteiger partial charge is 0.267 e. The number of anilines is 3. The van der Waals surface area contributed by atoms with E-state index in [1.54, 1.807) is 19.1 Å². The van der Waals surface area contributed by atoms with E-state index in [2.05, 4.69) is 33.8 Å². The topological polar surface area (TPSA) is 101 Å². The van der Waals surface area contributed by atoms with Crippen LogP contribution in [-0.4, -0.2) is 39.5 Å². The number of benzene rings is 2. The summed E-state index contributed by atoms with van der Waals surface area (Å²) in [7, 11) is -2.34. The molecule has 3 rings (SSSR count). The lowest BCUT2D eigenvalue weighted by Crippen LogP contribution is -2.22. The minimum absolute atomic E-state index is 0.0751. The maximum atomic E-state index is 12.9. The predicted octanol–water partition coefficient (Wildman–Crippen LogP) is 4.67. The van der Waals surface area contributed by atoms with E-state index in [1.165, 1.54) is 19.2 Å². The number of methoxy groups -OCH3 is 1. The van der Waals surface area contributed by atoms with Gasteiger partial charge in [-0.15, -0.1) is 0 Å². The van der Waals surface area contributed by atoms with Crippen LogP contribution in [0, 0.1) is 13.8 Å². The van der Waals surface area contributed by atoms with Gasteiger partial charge < -0.3 is 15.0 Å². The third-order valence-electron chi connectivity index (χ3n) is 5.18. The highest BCUT2D eigenvalue weighted by Crippen LogP contribution is 2.28. The molecule has 1 aromatic heterocycles. The highest BCUT2D eigenvalue weighted by atomic mass is 32.2. The molecule has 2 aromatic carbocycles. The van der Waals surface area contributed by atoms with Gasteiger partial charge in [0.25, 0.3) is 15.9 Å². The molecule has 176 valence electrons. The summed E-state index contributed by atoms with van der Waals surface area (Å²) < 4.78 is 32.9. The molecule has 0 aliphatic carbocycles. The summed E-state index contributed by atoms with van der Waals surface area (Å²) in [6, 6.07) is 11.9. The molecule has 0 spiro atoms. The Hall–Kier alpha value is -3.11. The highest BCUT2D eigenvalue weighted by molar-refractivity contribution is 7.93. The van der Waals surface area contributed by atoms with E-state index >= 15 is 0 Å². The van der Waals surface area contributed by atoms with Gasteiger partial charge in [0.1, 0.15) is 10.6 Å². The van der Waals surface area contributed by atoms with Crippen molar-refractivity contribution in [2.45, 2.75) is 32.6 Å². The number of aromatic nitrogens is 1. The Kier molecular flexibility index (Phi) is 7.60. The number of aryl methyl sites for hydroxylation is 2. The van der Waals surface area contributed by atoms with E-state index < -0.39 is 10.0 Å². The zero-order valence-electron chi connectivity index (χ0n) is 19.3. The third kappa shape index (κ3) is 5.63. The predicted molar refractivity (Wildman–Crippen MR) is 133 cm³/mol. The van der Waals surface area contributed by atoms with Gasteiger partial charge >= 0.3 is 0 Å². The number of carbonyl (C=O) groups is 1. The molecule has 2 N–H and O–H groups in total. The molecule has 0 saturated heterocycles. The van der Waals surface area contributed by atoms with Crippen molar-refractivity contribution in [2.75, 3.05) is 35.1 Å². The molecule has 10 heteroatoms. The number of ether oxygens (including phenoxy) is 1. The molecule has 0 saturated carbocycles. The molecule has 0 atom stereocenters. The van der Waals surface area contributed by atoms with Gasteiger partial charge in [0.05, 0.1) is 17.7 Å². The Labute approximate surface area is 198 Å². The summed E-state index contributed by atoms with van der Waals surface area (Å²) in [6.07, 6.45) is 0. The van der Waals surface area contributed by atoms with Crippen LogP contribution in [0.15, 0.2) is 47.4 Å². The van der Waals surface area contributed by atoms with Crippen molar-refractivity contribution in [1.82, 2.24) is 4.98 Å². The molecule has 0 unspecified atom stereocenters. The second-order valence-electron chi connectivity index (χ2n) is 7.34. The maximum absolute atomic E-state index is 12.9. The molecular weight excluding hydrogens is 460 g/mol. The normalized spacial score (nSPS) is 11.2. The standard InChI is InChI=1S/C23H28N4O4S2/c1-6-27(7-2)17-8-13-20(15(3)14-17)25-22(28)21-16(4)24-23(32-21)26-33(29,30)19-11-9-18(31-5)10-12-19/h8-14H,6-7H2,1-5H3,(H,24,26)(H,25,28). The molecule has 0 bridgehead atoms. The molecule has 8 nitrogen and oxygen atoms in total. The van der Waals surface area contributed by atoms with Gasteiger partial charge in [-0.25, -0.2) is 13.4 Å². The lowest BCUT2D eigenvalue weighted by molar-refractivity contribution is 0.102. The molecule has 1 heterocycles. The Morgan fingerprint density at radius 2 is 1.76 bits per heavy atom. The zero-order valence-corrected chi connectivity index (χ0v) is 20.9. The number of hydrogen-bond acceptors (Lipinski definition) is 7. The van der Waals surface area contributed by atoms with Crippen LogP contribution >= 0.6 is 11.3 Å². The Balaban J connectivity index is 1.76. The molecule has 0 aliphatic rings. The van der Waals surface area contributed by atoms with Gasteiger partial charge in [0.2, 0.25) is 0 Å². The second kappa shape index (κ2) is 10.2.